The van der Waals surface area contributed by atoms with Crippen molar-refractivity contribution in [3.05, 3.63) is 47.7 Å². The number of rotatable bonds is 3. The van der Waals surface area contributed by atoms with E-state index in [1.54, 1.807) is 0 Å². The molecule has 0 aliphatic heterocycles. The lowest BCUT2D eigenvalue weighted by atomic mass is 10.1. The fourth-order valence-corrected chi connectivity index (χ4v) is 0.950. The summed E-state index contributed by atoms with van der Waals surface area (Å²) in [6.07, 6.45) is 0. The van der Waals surface area contributed by atoms with Crippen molar-refractivity contribution in [3.8, 4) is 6.07 Å². The van der Waals surface area contributed by atoms with Crippen LogP contribution in [0.5, 0.6) is 0 Å². The van der Waals surface area contributed by atoms with E-state index in [1.807, 2.05) is 31.2 Å². The number of benzene rings is 1. The van der Waals surface area contributed by atoms with E-state index in [9.17, 15) is 0 Å². The van der Waals surface area contributed by atoms with E-state index in [4.69, 9.17) is 5.26 Å². The van der Waals surface area contributed by atoms with Crippen molar-refractivity contribution in [1.29, 1.82) is 5.26 Å². The molecule has 0 bridgehead atoms. The molecule has 1 rings (SSSR count). The first-order chi connectivity index (χ1) is 6.22. The maximum absolute atomic E-state index is 8.57. The van der Waals surface area contributed by atoms with Crippen molar-refractivity contribution in [1.82, 2.24) is 5.32 Å². The second-order valence-electron chi connectivity index (χ2n) is 2.94. The molecule has 0 saturated heterocycles. The van der Waals surface area contributed by atoms with E-state index in [0.717, 1.165) is 17.8 Å². The third kappa shape index (κ3) is 3.00. The molecule has 0 aromatic heterocycles. The van der Waals surface area contributed by atoms with Gasteiger partial charge in [0.05, 0.1) is 11.6 Å². The number of allylic oxidation sites excluding steroid dienone is 1. The Hall–Kier alpha value is -1.75. The minimum atomic E-state index is 0.694. The molecular weight excluding hydrogens is 160 g/mol. The second-order valence-corrected chi connectivity index (χ2v) is 2.94. The predicted molar refractivity (Wildman–Crippen MR) is 52.8 cm³/mol. The lowest BCUT2D eigenvalue weighted by molar-refractivity contribution is 0.816. The van der Waals surface area contributed by atoms with Gasteiger partial charge in [0, 0.05) is 12.2 Å². The number of hydrogen-bond acceptors (Lipinski definition) is 2. The Balaban J connectivity index is 2.60. The molecule has 0 aliphatic carbocycles. The molecule has 2 nitrogen and oxygen atoms in total. The van der Waals surface area contributed by atoms with Gasteiger partial charge in [-0.1, -0.05) is 18.7 Å². The Bertz CT molecular complexity index is 330. The van der Waals surface area contributed by atoms with Crippen molar-refractivity contribution in [2.45, 2.75) is 13.5 Å². The third-order valence-corrected chi connectivity index (χ3v) is 1.68. The molecule has 1 aromatic rings. The van der Waals surface area contributed by atoms with Crippen LogP contribution < -0.4 is 5.32 Å². The first kappa shape index (κ1) is 9.34. The highest BCUT2D eigenvalue weighted by atomic mass is 14.9. The zero-order chi connectivity index (χ0) is 9.68. The van der Waals surface area contributed by atoms with Crippen LogP contribution in [-0.2, 0) is 6.54 Å². The van der Waals surface area contributed by atoms with Crippen LogP contribution in [0.2, 0.25) is 0 Å². The first-order valence-corrected chi connectivity index (χ1v) is 4.11. The van der Waals surface area contributed by atoms with Gasteiger partial charge in [0.25, 0.3) is 0 Å². The zero-order valence-electron chi connectivity index (χ0n) is 7.67. The van der Waals surface area contributed by atoms with Crippen molar-refractivity contribution >= 4 is 0 Å². The molecule has 0 amide bonds. The summed E-state index contributed by atoms with van der Waals surface area (Å²) in [7, 11) is 0. The van der Waals surface area contributed by atoms with E-state index in [0.29, 0.717) is 5.56 Å². The summed E-state index contributed by atoms with van der Waals surface area (Å²) in [5, 5.41) is 11.7. The summed E-state index contributed by atoms with van der Waals surface area (Å²) in [4.78, 5) is 0. The Labute approximate surface area is 78.5 Å². The van der Waals surface area contributed by atoms with Crippen molar-refractivity contribution in [3.63, 3.8) is 0 Å². The summed E-state index contributed by atoms with van der Waals surface area (Å²) in [6, 6.07) is 9.59. The molecule has 0 aliphatic rings. The average Bonchev–Trinajstić information content (AvgIpc) is 2.15. The van der Waals surface area contributed by atoms with Gasteiger partial charge in [-0.3, -0.25) is 0 Å². The smallest absolute Gasteiger partial charge is 0.0991 e. The molecule has 1 N–H and O–H groups in total. The maximum atomic E-state index is 8.57. The van der Waals surface area contributed by atoms with Gasteiger partial charge in [-0.05, 0) is 24.6 Å². The molecule has 0 fully saturated rings. The quantitative estimate of drug-likeness (QED) is 0.758. The van der Waals surface area contributed by atoms with Crippen LogP contribution in [0.3, 0.4) is 0 Å². The number of nitriles is 1. The highest BCUT2D eigenvalue weighted by Gasteiger charge is 1.92. The fraction of sp³-hybridized carbons (Fsp3) is 0.182. The minimum Gasteiger partial charge on any atom is -0.385 e. The number of nitrogens with one attached hydrogen (secondary N) is 1. The van der Waals surface area contributed by atoms with Crippen LogP contribution >= 0.6 is 0 Å². The van der Waals surface area contributed by atoms with Crippen LogP contribution in [0.25, 0.3) is 0 Å². The van der Waals surface area contributed by atoms with Gasteiger partial charge in [0.15, 0.2) is 0 Å². The Kier molecular flexibility index (Phi) is 3.10. The molecule has 66 valence electrons. The van der Waals surface area contributed by atoms with Crippen molar-refractivity contribution in [2.75, 3.05) is 0 Å². The molecule has 0 atom stereocenters. The molecule has 0 heterocycles. The molecule has 0 spiro atoms. The van der Waals surface area contributed by atoms with Gasteiger partial charge in [-0.15, -0.1) is 0 Å². The molecule has 1 aromatic carbocycles. The van der Waals surface area contributed by atoms with Crippen molar-refractivity contribution < 1.29 is 0 Å². The highest BCUT2D eigenvalue weighted by molar-refractivity contribution is 5.31. The number of nitrogens with zero attached hydrogens (tertiary/aromatic N) is 1. The number of hydrogen-bond donors (Lipinski definition) is 1. The summed E-state index contributed by atoms with van der Waals surface area (Å²) < 4.78 is 0. The second kappa shape index (κ2) is 4.32. The van der Waals surface area contributed by atoms with Crippen LogP contribution in [0.1, 0.15) is 18.1 Å². The van der Waals surface area contributed by atoms with Crippen LogP contribution in [-0.4, -0.2) is 0 Å². The monoisotopic (exact) mass is 172 g/mol. The molecular formula is C11H12N2. The minimum absolute atomic E-state index is 0.694. The fourth-order valence-electron chi connectivity index (χ4n) is 0.950. The summed E-state index contributed by atoms with van der Waals surface area (Å²) in [5.74, 6) is 0. The first-order valence-electron chi connectivity index (χ1n) is 4.11. The molecule has 2 heteroatoms. The van der Waals surface area contributed by atoms with E-state index < -0.39 is 0 Å². The van der Waals surface area contributed by atoms with E-state index in [1.165, 1.54) is 0 Å². The van der Waals surface area contributed by atoms with Gasteiger partial charge in [0.2, 0.25) is 0 Å². The molecule has 0 unspecified atom stereocenters. The van der Waals surface area contributed by atoms with Gasteiger partial charge < -0.3 is 5.32 Å². The van der Waals surface area contributed by atoms with Gasteiger partial charge >= 0.3 is 0 Å². The standard InChI is InChI=1S/C11H12N2/c1-9(2)13-8-11-5-3-10(7-12)4-6-11/h3-6,13H,1,8H2,2H3. The van der Waals surface area contributed by atoms with Crippen molar-refractivity contribution in [2.24, 2.45) is 0 Å². The van der Waals surface area contributed by atoms with Crippen LogP contribution in [0.15, 0.2) is 36.5 Å². The lowest BCUT2D eigenvalue weighted by Gasteiger charge is -2.04. The Morgan fingerprint density at radius 2 is 2.08 bits per heavy atom. The molecule has 13 heavy (non-hydrogen) atoms. The largest absolute Gasteiger partial charge is 0.385 e. The normalized spacial score (nSPS) is 8.92. The topological polar surface area (TPSA) is 35.8 Å². The van der Waals surface area contributed by atoms with Gasteiger partial charge in [-0.25, -0.2) is 0 Å². The summed E-state index contributed by atoms with van der Waals surface area (Å²) in [6.45, 7) is 6.43. The lowest BCUT2D eigenvalue weighted by Crippen LogP contribution is -2.08. The van der Waals surface area contributed by atoms with E-state index in [-0.39, 0.29) is 0 Å². The van der Waals surface area contributed by atoms with Gasteiger partial charge in [-0.2, -0.15) is 5.26 Å². The third-order valence-electron chi connectivity index (χ3n) is 1.68. The zero-order valence-corrected chi connectivity index (χ0v) is 7.67. The summed E-state index contributed by atoms with van der Waals surface area (Å²) in [5.41, 5.74) is 2.80. The Morgan fingerprint density at radius 3 is 2.54 bits per heavy atom. The Morgan fingerprint density at radius 1 is 1.46 bits per heavy atom. The van der Waals surface area contributed by atoms with Crippen LogP contribution in [0.4, 0.5) is 0 Å². The molecule has 0 saturated carbocycles. The highest BCUT2D eigenvalue weighted by Crippen LogP contribution is 2.03. The van der Waals surface area contributed by atoms with Gasteiger partial charge in [0.1, 0.15) is 0 Å². The maximum Gasteiger partial charge on any atom is 0.0991 e. The van der Waals surface area contributed by atoms with E-state index >= 15 is 0 Å². The predicted octanol–water partition coefficient (Wildman–Crippen LogP) is 2.18. The molecule has 0 radical (unpaired) electrons. The summed E-state index contributed by atoms with van der Waals surface area (Å²) >= 11 is 0. The SMILES string of the molecule is C=C(C)NCc1ccc(C#N)cc1. The average molecular weight is 172 g/mol. The van der Waals surface area contributed by atoms with E-state index in [2.05, 4.69) is 18.0 Å². The van der Waals surface area contributed by atoms with Crippen LogP contribution in [0, 0.1) is 11.3 Å².